The Kier molecular flexibility index (Phi) is 4.91. The fraction of sp³-hybridized carbons (Fsp3) is 0.700. The molecule has 0 N–H and O–H groups in total. The van der Waals surface area contributed by atoms with Gasteiger partial charge in [0, 0.05) is 26.2 Å². The Morgan fingerprint density at radius 3 is 2.94 bits per heavy atom. The van der Waals surface area contributed by atoms with E-state index in [9.17, 15) is 4.79 Å². The van der Waals surface area contributed by atoms with E-state index in [1.165, 1.54) is 7.11 Å². The second-order valence-electron chi connectivity index (χ2n) is 3.80. The van der Waals surface area contributed by atoms with Crippen LogP contribution < -0.4 is 0 Å². The van der Waals surface area contributed by atoms with Crippen LogP contribution in [0.2, 0.25) is 0 Å². The van der Waals surface area contributed by atoms with Gasteiger partial charge in [-0.1, -0.05) is 5.21 Å². The summed E-state index contributed by atoms with van der Waals surface area (Å²) in [7, 11) is 5.24. The van der Waals surface area contributed by atoms with Crippen molar-refractivity contribution >= 4 is 5.97 Å². The number of ether oxygens (including phenoxy) is 1. The number of hydrogen-bond donors (Lipinski definition) is 0. The van der Waals surface area contributed by atoms with E-state index in [4.69, 9.17) is 0 Å². The highest BCUT2D eigenvalue weighted by Crippen LogP contribution is 2.00. The van der Waals surface area contributed by atoms with Crippen molar-refractivity contribution in [3.05, 3.63) is 11.9 Å². The Labute approximate surface area is 95.2 Å². The summed E-state index contributed by atoms with van der Waals surface area (Å²) < 4.78 is 6.25. The molecule has 6 heteroatoms. The van der Waals surface area contributed by atoms with Crippen LogP contribution in [0, 0.1) is 0 Å². The van der Waals surface area contributed by atoms with Gasteiger partial charge in [-0.2, -0.15) is 0 Å². The van der Waals surface area contributed by atoms with Crippen molar-refractivity contribution in [2.24, 2.45) is 7.05 Å². The van der Waals surface area contributed by atoms with Gasteiger partial charge in [-0.25, -0.2) is 0 Å². The Balaban J connectivity index is 2.20. The molecule has 0 aliphatic rings. The minimum Gasteiger partial charge on any atom is -0.469 e. The van der Waals surface area contributed by atoms with Gasteiger partial charge in [-0.15, -0.1) is 5.10 Å². The number of aromatic nitrogens is 3. The zero-order chi connectivity index (χ0) is 12.0. The van der Waals surface area contributed by atoms with Gasteiger partial charge in [0.2, 0.25) is 0 Å². The number of methoxy groups -OCH3 is 1. The predicted molar refractivity (Wildman–Crippen MR) is 58.6 cm³/mol. The van der Waals surface area contributed by atoms with Gasteiger partial charge in [0.1, 0.15) is 0 Å². The van der Waals surface area contributed by atoms with Crippen molar-refractivity contribution in [1.82, 2.24) is 19.9 Å². The summed E-state index contributed by atoms with van der Waals surface area (Å²) in [5.74, 6) is -0.159. The number of rotatable bonds is 6. The first kappa shape index (κ1) is 12.6. The third-order valence-electron chi connectivity index (χ3n) is 2.23. The molecule has 6 nitrogen and oxygen atoms in total. The molecule has 0 atom stereocenters. The first-order chi connectivity index (χ1) is 7.61. The highest BCUT2D eigenvalue weighted by atomic mass is 16.5. The monoisotopic (exact) mass is 226 g/mol. The van der Waals surface area contributed by atoms with Gasteiger partial charge in [-0.05, 0) is 20.0 Å². The largest absolute Gasteiger partial charge is 0.469 e. The van der Waals surface area contributed by atoms with Crippen LogP contribution in [0.1, 0.15) is 18.5 Å². The van der Waals surface area contributed by atoms with Crippen molar-refractivity contribution in [3.8, 4) is 0 Å². The van der Waals surface area contributed by atoms with Gasteiger partial charge in [-0.3, -0.25) is 9.48 Å². The number of esters is 1. The first-order valence-electron chi connectivity index (χ1n) is 5.22. The van der Waals surface area contributed by atoms with Crippen LogP contribution in [0.4, 0.5) is 0 Å². The maximum atomic E-state index is 10.9. The van der Waals surface area contributed by atoms with Crippen LogP contribution in [0.15, 0.2) is 6.20 Å². The summed E-state index contributed by atoms with van der Waals surface area (Å²) in [6.07, 6.45) is 3.14. The second-order valence-corrected chi connectivity index (χ2v) is 3.80. The lowest BCUT2D eigenvalue weighted by Gasteiger charge is -2.13. The fourth-order valence-electron chi connectivity index (χ4n) is 1.42. The summed E-state index contributed by atoms with van der Waals surface area (Å²) in [6, 6.07) is 0. The van der Waals surface area contributed by atoms with E-state index in [0.29, 0.717) is 6.42 Å². The quantitative estimate of drug-likeness (QED) is 0.648. The molecule has 1 aromatic rings. The molecule has 1 rings (SSSR count). The number of hydrogen-bond acceptors (Lipinski definition) is 5. The zero-order valence-corrected chi connectivity index (χ0v) is 10.0. The zero-order valence-electron chi connectivity index (χ0n) is 10.0. The maximum Gasteiger partial charge on any atom is 0.305 e. The second kappa shape index (κ2) is 6.22. The predicted octanol–water partition coefficient (Wildman–Crippen LogP) is 0.200. The van der Waals surface area contributed by atoms with E-state index in [2.05, 4.69) is 19.9 Å². The highest BCUT2D eigenvalue weighted by molar-refractivity contribution is 5.69. The lowest BCUT2D eigenvalue weighted by atomic mass is 10.3. The van der Waals surface area contributed by atoms with Crippen LogP contribution in [0.25, 0.3) is 0 Å². The molecule has 0 fully saturated rings. The summed E-state index contributed by atoms with van der Waals surface area (Å²) >= 11 is 0. The number of nitrogens with zero attached hydrogens (tertiary/aromatic N) is 4. The first-order valence-corrected chi connectivity index (χ1v) is 5.22. The molecule has 0 aromatic carbocycles. The molecule has 0 spiro atoms. The van der Waals surface area contributed by atoms with Crippen LogP contribution in [-0.2, 0) is 23.1 Å². The molecular formula is C10H18N4O2. The molecule has 1 aromatic heterocycles. The number of carbonyl (C=O) groups excluding carboxylic acids is 1. The van der Waals surface area contributed by atoms with Crippen molar-refractivity contribution < 1.29 is 9.53 Å². The molecule has 0 saturated heterocycles. The molecule has 0 unspecified atom stereocenters. The topological polar surface area (TPSA) is 60.2 Å². The molecule has 90 valence electrons. The Morgan fingerprint density at radius 2 is 2.38 bits per heavy atom. The highest BCUT2D eigenvalue weighted by Gasteiger charge is 2.05. The smallest absolute Gasteiger partial charge is 0.305 e. The Hall–Kier alpha value is -1.43. The van der Waals surface area contributed by atoms with E-state index in [1.54, 1.807) is 4.68 Å². The van der Waals surface area contributed by atoms with Crippen LogP contribution >= 0.6 is 0 Å². The van der Waals surface area contributed by atoms with Crippen molar-refractivity contribution in [3.63, 3.8) is 0 Å². The van der Waals surface area contributed by atoms with Crippen LogP contribution in [-0.4, -0.2) is 46.6 Å². The molecule has 0 bridgehead atoms. The van der Waals surface area contributed by atoms with Gasteiger partial charge in [0.15, 0.2) is 0 Å². The molecule has 1 heterocycles. The van der Waals surface area contributed by atoms with Crippen molar-refractivity contribution in [1.29, 1.82) is 0 Å². The minimum absolute atomic E-state index is 0.159. The molecule has 0 saturated carbocycles. The Bertz CT molecular complexity index is 337. The van der Waals surface area contributed by atoms with Gasteiger partial charge in [0.25, 0.3) is 0 Å². The van der Waals surface area contributed by atoms with Crippen molar-refractivity contribution in [2.45, 2.75) is 19.4 Å². The van der Waals surface area contributed by atoms with Crippen molar-refractivity contribution in [2.75, 3.05) is 20.7 Å². The minimum atomic E-state index is -0.159. The SMILES string of the molecule is COC(=O)CCCN(C)Cc1cn(C)nn1. The third kappa shape index (κ3) is 4.39. The molecule has 0 aliphatic heterocycles. The van der Waals surface area contributed by atoms with Crippen LogP contribution in [0.5, 0.6) is 0 Å². The average molecular weight is 226 g/mol. The molecule has 0 radical (unpaired) electrons. The van der Waals surface area contributed by atoms with Gasteiger partial charge in [0.05, 0.1) is 12.8 Å². The van der Waals surface area contributed by atoms with Crippen LogP contribution in [0.3, 0.4) is 0 Å². The fourth-order valence-corrected chi connectivity index (χ4v) is 1.42. The van der Waals surface area contributed by atoms with E-state index in [1.807, 2.05) is 20.3 Å². The summed E-state index contributed by atoms with van der Waals surface area (Å²) in [5, 5.41) is 7.85. The summed E-state index contributed by atoms with van der Waals surface area (Å²) in [5.41, 5.74) is 0.933. The van der Waals surface area contributed by atoms with E-state index >= 15 is 0 Å². The maximum absolute atomic E-state index is 10.9. The Morgan fingerprint density at radius 1 is 1.62 bits per heavy atom. The molecule has 0 amide bonds. The number of carbonyl (C=O) groups is 1. The van der Waals surface area contributed by atoms with E-state index < -0.39 is 0 Å². The molecule has 16 heavy (non-hydrogen) atoms. The molecular weight excluding hydrogens is 208 g/mol. The summed E-state index contributed by atoms with van der Waals surface area (Å²) in [4.78, 5) is 13.0. The molecule has 0 aliphatic carbocycles. The van der Waals surface area contributed by atoms with Gasteiger partial charge >= 0.3 is 5.97 Å². The normalized spacial score (nSPS) is 10.8. The average Bonchev–Trinajstić information content (AvgIpc) is 2.63. The summed E-state index contributed by atoms with van der Waals surface area (Å²) in [6.45, 7) is 1.58. The third-order valence-corrected chi connectivity index (χ3v) is 2.23. The van der Waals surface area contributed by atoms with E-state index in [-0.39, 0.29) is 5.97 Å². The van der Waals surface area contributed by atoms with E-state index in [0.717, 1.165) is 25.2 Å². The number of aryl methyl sites for hydroxylation is 1. The van der Waals surface area contributed by atoms with Gasteiger partial charge < -0.3 is 9.64 Å². The lowest BCUT2D eigenvalue weighted by molar-refractivity contribution is -0.140. The lowest BCUT2D eigenvalue weighted by Crippen LogP contribution is -2.20. The standard InChI is InChI=1S/C10H18N4O2/c1-13(6-4-5-10(15)16-3)7-9-8-14(2)12-11-9/h8H,4-7H2,1-3H3.